The summed E-state index contributed by atoms with van der Waals surface area (Å²) in [4.78, 5) is 12.6. The van der Waals surface area contributed by atoms with Crippen LogP contribution < -0.4 is 5.32 Å². The number of carbonyl (C=O) groups excluding carboxylic acids is 1. The fraction of sp³-hybridized carbons (Fsp3) is 0.611. The number of piperidine rings is 2. The first-order valence-electron chi connectivity index (χ1n) is 9.65. The molecular formula is C18H26ClN3O5S2. The summed E-state index contributed by atoms with van der Waals surface area (Å²) in [7, 11) is -7.10. The van der Waals surface area contributed by atoms with Crippen molar-refractivity contribution in [3.63, 3.8) is 0 Å². The molecule has 2 aliphatic heterocycles. The molecule has 1 N–H and O–H groups in total. The predicted octanol–water partition coefficient (Wildman–Crippen LogP) is 1.67. The van der Waals surface area contributed by atoms with E-state index in [4.69, 9.17) is 11.6 Å². The fourth-order valence-corrected chi connectivity index (χ4v) is 6.65. The number of nitrogens with zero attached hydrogens (tertiary/aromatic N) is 2. The van der Waals surface area contributed by atoms with Gasteiger partial charge >= 0.3 is 0 Å². The maximum atomic E-state index is 13.0. The average Bonchev–Trinajstić information content (AvgIpc) is 2.68. The first-order valence-corrected chi connectivity index (χ1v) is 13.3. The molecule has 1 amide bonds. The Hall–Kier alpha value is -1.20. The van der Waals surface area contributed by atoms with Crippen molar-refractivity contribution in [1.82, 2.24) is 13.9 Å². The van der Waals surface area contributed by atoms with Gasteiger partial charge < -0.3 is 5.32 Å². The number of benzene rings is 1. The van der Waals surface area contributed by atoms with E-state index in [1.54, 1.807) is 0 Å². The fourth-order valence-electron chi connectivity index (χ4n) is 3.72. The summed E-state index contributed by atoms with van der Waals surface area (Å²) in [5, 5.41) is 2.90. The van der Waals surface area contributed by atoms with Crippen molar-refractivity contribution in [1.29, 1.82) is 0 Å². The molecule has 2 fully saturated rings. The van der Waals surface area contributed by atoms with E-state index in [0.29, 0.717) is 32.5 Å². The van der Waals surface area contributed by atoms with Crippen LogP contribution in [0.15, 0.2) is 23.1 Å². The molecule has 0 bridgehead atoms. The van der Waals surface area contributed by atoms with Crippen LogP contribution in [0.5, 0.6) is 0 Å². The maximum absolute atomic E-state index is 13.0. The van der Waals surface area contributed by atoms with E-state index >= 15 is 0 Å². The van der Waals surface area contributed by atoms with Gasteiger partial charge in [0.15, 0.2) is 0 Å². The summed E-state index contributed by atoms with van der Waals surface area (Å²) in [6, 6.07) is 3.86. The Bertz CT molecular complexity index is 975. The molecule has 29 heavy (non-hydrogen) atoms. The number of amides is 1. The minimum Gasteiger partial charge on any atom is -0.348 e. The van der Waals surface area contributed by atoms with Gasteiger partial charge in [0.05, 0.1) is 11.3 Å². The van der Waals surface area contributed by atoms with Crippen LogP contribution in [0.3, 0.4) is 0 Å². The molecular weight excluding hydrogens is 438 g/mol. The highest BCUT2D eigenvalue weighted by Crippen LogP contribution is 2.28. The molecule has 0 radical (unpaired) electrons. The number of carbonyl (C=O) groups is 1. The third kappa shape index (κ3) is 5.29. The Morgan fingerprint density at radius 1 is 1.03 bits per heavy atom. The highest BCUT2D eigenvalue weighted by molar-refractivity contribution is 7.89. The van der Waals surface area contributed by atoms with Crippen molar-refractivity contribution in [2.45, 2.75) is 43.0 Å². The van der Waals surface area contributed by atoms with Gasteiger partial charge in [-0.15, -0.1) is 0 Å². The lowest BCUT2D eigenvalue weighted by atomic mass is 10.1. The molecule has 1 aromatic rings. The first kappa shape index (κ1) is 22.5. The second-order valence-electron chi connectivity index (χ2n) is 7.54. The number of hydrogen-bond donors (Lipinski definition) is 1. The van der Waals surface area contributed by atoms with Gasteiger partial charge in [-0.2, -0.15) is 4.31 Å². The minimum absolute atomic E-state index is 0.0740. The highest BCUT2D eigenvalue weighted by Gasteiger charge is 2.30. The summed E-state index contributed by atoms with van der Waals surface area (Å²) in [5.41, 5.74) is 0.182. The normalized spacial score (nSPS) is 22.3. The van der Waals surface area contributed by atoms with Crippen LogP contribution in [0.25, 0.3) is 0 Å². The lowest BCUT2D eigenvalue weighted by Crippen LogP contribution is -2.49. The average molecular weight is 464 g/mol. The third-order valence-corrected chi connectivity index (χ3v) is 8.96. The van der Waals surface area contributed by atoms with Gasteiger partial charge in [0, 0.05) is 37.8 Å². The number of rotatable bonds is 5. The van der Waals surface area contributed by atoms with Gasteiger partial charge in [-0.1, -0.05) is 18.0 Å². The lowest BCUT2D eigenvalue weighted by molar-refractivity contribution is 0.0921. The van der Waals surface area contributed by atoms with Crippen molar-refractivity contribution in [3.8, 4) is 0 Å². The molecule has 0 spiro atoms. The number of sulfonamides is 2. The van der Waals surface area contributed by atoms with Gasteiger partial charge in [0.2, 0.25) is 20.0 Å². The molecule has 11 heteroatoms. The van der Waals surface area contributed by atoms with E-state index in [1.807, 2.05) is 0 Å². The Kier molecular flexibility index (Phi) is 6.89. The van der Waals surface area contributed by atoms with Gasteiger partial charge in [0.1, 0.15) is 4.90 Å². The molecule has 2 heterocycles. The summed E-state index contributed by atoms with van der Waals surface area (Å²) in [6.45, 7) is 1.53. The number of hydrogen-bond acceptors (Lipinski definition) is 5. The molecule has 162 valence electrons. The molecule has 8 nitrogen and oxygen atoms in total. The number of halogens is 1. The van der Waals surface area contributed by atoms with E-state index in [9.17, 15) is 21.6 Å². The van der Waals surface area contributed by atoms with Crippen LogP contribution in [0.1, 0.15) is 42.5 Å². The van der Waals surface area contributed by atoms with Gasteiger partial charge in [0.25, 0.3) is 5.91 Å². The van der Waals surface area contributed by atoms with Gasteiger partial charge in [-0.05, 0) is 43.9 Å². The lowest BCUT2D eigenvalue weighted by Gasteiger charge is -2.31. The quantitative estimate of drug-likeness (QED) is 0.715. The Labute approximate surface area is 177 Å². The molecule has 0 aromatic heterocycles. The second-order valence-corrected chi connectivity index (χ2v) is 11.8. The van der Waals surface area contributed by atoms with Crippen LogP contribution in [0.4, 0.5) is 0 Å². The summed E-state index contributed by atoms with van der Waals surface area (Å²) >= 11 is 6.15. The van der Waals surface area contributed by atoms with Gasteiger partial charge in [-0.25, -0.2) is 21.1 Å². The molecule has 1 unspecified atom stereocenters. The Balaban J connectivity index is 1.77. The monoisotopic (exact) mass is 463 g/mol. The van der Waals surface area contributed by atoms with Crippen molar-refractivity contribution in [3.05, 3.63) is 28.8 Å². The van der Waals surface area contributed by atoms with Gasteiger partial charge in [-0.3, -0.25) is 4.79 Å². The van der Waals surface area contributed by atoms with Crippen molar-refractivity contribution >= 4 is 37.6 Å². The summed E-state index contributed by atoms with van der Waals surface area (Å²) < 4.78 is 52.2. The predicted molar refractivity (Wildman–Crippen MR) is 111 cm³/mol. The maximum Gasteiger partial charge on any atom is 0.251 e. The zero-order valence-electron chi connectivity index (χ0n) is 16.3. The molecule has 0 saturated carbocycles. The largest absolute Gasteiger partial charge is 0.348 e. The molecule has 1 atom stereocenters. The zero-order chi connectivity index (χ0) is 21.2. The minimum atomic E-state index is -3.78. The van der Waals surface area contributed by atoms with Crippen LogP contribution in [-0.4, -0.2) is 69.8 Å². The smallest absolute Gasteiger partial charge is 0.251 e. The molecule has 2 aliphatic rings. The first-order chi connectivity index (χ1) is 13.6. The third-order valence-electron chi connectivity index (χ3n) is 5.31. The van der Waals surface area contributed by atoms with E-state index in [-0.39, 0.29) is 28.1 Å². The molecule has 1 aromatic carbocycles. The zero-order valence-corrected chi connectivity index (χ0v) is 18.7. The van der Waals surface area contributed by atoms with E-state index in [0.717, 1.165) is 25.5 Å². The Morgan fingerprint density at radius 2 is 1.69 bits per heavy atom. The second kappa shape index (κ2) is 8.89. The van der Waals surface area contributed by atoms with Crippen LogP contribution in [0, 0.1) is 0 Å². The standard InChI is InChI=1S/C18H26ClN3O5S2/c1-28(24,25)22-11-5-6-15(13-22)20-18(23)14-7-8-16(19)17(12-14)29(26,27)21-9-3-2-4-10-21/h7-8,12,15H,2-6,9-11,13H2,1H3,(H,20,23). The SMILES string of the molecule is CS(=O)(=O)N1CCCC(NC(=O)c2ccc(Cl)c(S(=O)(=O)N3CCCCC3)c2)C1. The van der Waals surface area contributed by atoms with E-state index < -0.39 is 26.0 Å². The van der Waals surface area contributed by atoms with E-state index in [2.05, 4.69) is 5.32 Å². The topological polar surface area (TPSA) is 104 Å². The van der Waals surface area contributed by atoms with Crippen molar-refractivity contribution in [2.24, 2.45) is 0 Å². The molecule has 0 aliphatic carbocycles. The van der Waals surface area contributed by atoms with E-state index in [1.165, 1.54) is 26.8 Å². The number of nitrogens with one attached hydrogen (secondary N) is 1. The highest BCUT2D eigenvalue weighted by atomic mass is 35.5. The molecule has 3 rings (SSSR count). The van der Waals surface area contributed by atoms with Crippen LogP contribution >= 0.6 is 11.6 Å². The Morgan fingerprint density at radius 3 is 2.34 bits per heavy atom. The summed E-state index contributed by atoms with van der Waals surface area (Å²) in [6.07, 6.45) is 5.05. The molecule has 2 saturated heterocycles. The van der Waals surface area contributed by atoms with Crippen molar-refractivity contribution < 1.29 is 21.6 Å². The summed E-state index contributed by atoms with van der Waals surface area (Å²) in [5.74, 6) is -0.447. The van der Waals surface area contributed by atoms with Crippen LogP contribution in [-0.2, 0) is 20.0 Å². The van der Waals surface area contributed by atoms with Crippen molar-refractivity contribution in [2.75, 3.05) is 32.4 Å². The van der Waals surface area contributed by atoms with Crippen LogP contribution in [0.2, 0.25) is 5.02 Å².